The predicted octanol–water partition coefficient (Wildman–Crippen LogP) is 2.89. The number of aliphatic hydroxyl groups excluding tert-OH is 1. The molecule has 0 fully saturated rings. The molecule has 1 radical (unpaired) electrons. The fourth-order valence-corrected chi connectivity index (χ4v) is 1.33. The molecular formula is C11H17BrIrN3O-. The number of aliphatic hydroxyl groups is 1. The quantitative estimate of drug-likeness (QED) is 0.684. The van der Waals surface area contributed by atoms with Crippen molar-refractivity contribution in [2.24, 2.45) is 0 Å². The zero-order valence-electron chi connectivity index (χ0n) is 10.4. The van der Waals surface area contributed by atoms with E-state index in [0.717, 1.165) is 9.86 Å². The van der Waals surface area contributed by atoms with Gasteiger partial charge in [0.2, 0.25) is 0 Å². The minimum absolute atomic E-state index is 0. The van der Waals surface area contributed by atoms with Crippen LogP contribution in [0.15, 0.2) is 16.7 Å². The van der Waals surface area contributed by atoms with Crippen LogP contribution in [0.5, 0.6) is 0 Å². The van der Waals surface area contributed by atoms with E-state index in [9.17, 15) is 0 Å². The molecule has 1 N–H and O–H groups in total. The zero-order valence-corrected chi connectivity index (χ0v) is 14.3. The van der Waals surface area contributed by atoms with Gasteiger partial charge in [0.05, 0.1) is 12.3 Å². The Kier molecular flexibility index (Phi) is 12.2. The number of nitrogens with zero attached hydrogens (tertiary/aromatic N) is 3. The number of rotatable bonds is 1. The van der Waals surface area contributed by atoms with Crippen molar-refractivity contribution in [2.75, 3.05) is 0 Å². The normalized spacial score (nSPS) is 8.35. The van der Waals surface area contributed by atoms with Gasteiger partial charge in [-0.25, -0.2) is 0 Å². The Bertz CT molecular complexity index is 420. The molecule has 6 heteroatoms. The first kappa shape index (κ1) is 19.1. The molecule has 2 aromatic rings. The van der Waals surface area contributed by atoms with Gasteiger partial charge in [-0.1, -0.05) is 49.8 Å². The van der Waals surface area contributed by atoms with Crippen LogP contribution in [0.1, 0.15) is 33.4 Å². The van der Waals surface area contributed by atoms with Crippen LogP contribution in [-0.4, -0.2) is 15.2 Å². The minimum Gasteiger partial charge on any atom is -0.440 e. The first-order chi connectivity index (χ1) is 7.81. The summed E-state index contributed by atoms with van der Waals surface area (Å²) in [7, 11) is 0. The summed E-state index contributed by atoms with van der Waals surface area (Å²) < 4.78 is 0.861. The van der Waals surface area contributed by atoms with E-state index < -0.39 is 0 Å². The molecule has 0 aliphatic carbocycles. The largest absolute Gasteiger partial charge is 0.440 e. The molecule has 0 bridgehead atoms. The molecule has 0 spiro atoms. The van der Waals surface area contributed by atoms with E-state index in [1.807, 2.05) is 33.8 Å². The van der Waals surface area contributed by atoms with Gasteiger partial charge in [-0.05, 0) is 17.1 Å². The Morgan fingerprint density at radius 1 is 1.29 bits per heavy atom. The molecule has 2 rings (SSSR count). The topological polar surface area (TPSA) is 60.1 Å². The SMILES string of the molecule is CC.CC.OCc1n[n-]c2ncc(Br)cc12.[Ir]. The first-order valence-corrected chi connectivity index (χ1v) is 6.15. The van der Waals surface area contributed by atoms with Crippen LogP contribution in [0.4, 0.5) is 0 Å². The fraction of sp³-hybridized carbons (Fsp3) is 0.455. The van der Waals surface area contributed by atoms with E-state index in [1.165, 1.54) is 0 Å². The molecule has 0 atom stereocenters. The molecule has 0 aliphatic rings. The molecule has 99 valence electrons. The monoisotopic (exact) mass is 479 g/mol. The van der Waals surface area contributed by atoms with Crippen LogP contribution in [0.3, 0.4) is 0 Å². The van der Waals surface area contributed by atoms with Crippen molar-refractivity contribution in [1.29, 1.82) is 0 Å². The van der Waals surface area contributed by atoms with E-state index in [2.05, 4.69) is 31.1 Å². The number of fused-ring (bicyclic) bond motifs is 1. The average Bonchev–Trinajstić information content (AvgIpc) is 2.76. The van der Waals surface area contributed by atoms with Crippen LogP contribution < -0.4 is 5.10 Å². The van der Waals surface area contributed by atoms with Crippen LogP contribution in [0, 0.1) is 0 Å². The van der Waals surface area contributed by atoms with Crippen molar-refractivity contribution in [3.63, 3.8) is 0 Å². The summed E-state index contributed by atoms with van der Waals surface area (Å²) in [4.78, 5) is 4.02. The third-order valence-corrected chi connectivity index (χ3v) is 1.99. The predicted molar refractivity (Wildman–Crippen MR) is 69.2 cm³/mol. The maximum Gasteiger partial charge on any atom is 0.0858 e. The number of aromatic nitrogens is 3. The third kappa shape index (κ3) is 5.25. The number of pyridine rings is 1. The van der Waals surface area contributed by atoms with E-state index in [4.69, 9.17) is 5.11 Å². The van der Waals surface area contributed by atoms with Crippen molar-refractivity contribution in [3.8, 4) is 0 Å². The standard InChI is InChI=1S/C7H5BrN3O.2C2H6.Ir/c8-4-1-5-6(3-12)10-11-7(5)9-2-4;2*1-2;/h1-2,12H,3H2;2*1-2H3;/q-1;;;. The molecular weight excluding hydrogens is 462 g/mol. The number of hydrogen-bond donors (Lipinski definition) is 1. The summed E-state index contributed by atoms with van der Waals surface area (Å²) in [5.41, 5.74) is 1.14. The van der Waals surface area contributed by atoms with Crippen molar-refractivity contribution >= 4 is 27.0 Å². The van der Waals surface area contributed by atoms with Crippen LogP contribution in [0.25, 0.3) is 11.0 Å². The number of hydrogen-bond acceptors (Lipinski definition) is 3. The van der Waals surface area contributed by atoms with E-state index in [1.54, 1.807) is 6.20 Å². The molecule has 0 saturated carbocycles. The van der Waals surface area contributed by atoms with Gasteiger partial charge in [-0.2, -0.15) is 0 Å². The van der Waals surface area contributed by atoms with Crippen molar-refractivity contribution < 1.29 is 25.2 Å². The van der Waals surface area contributed by atoms with Crippen molar-refractivity contribution in [2.45, 2.75) is 34.3 Å². The third-order valence-electron chi connectivity index (χ3n) is 1.56. The van der Waals surface area contributed by atoms with Gasteiger partial charge in [0.1, 0.15) is 0 Å². The summed E-state index contributed by atoms with van der Waals surface area (Å²) in [5.74, 6) is 0. The van der Waals surface area contributed by atoms with Crippen molar-refractivity contribution in [1.82, 2.24) is 15.2 Å². The smallest absolute Gasteiger partial charge is 0.0858 e. The summed E-state index contributed by atoms with van der Waals surface area (Å²) in [5, 5.41) is 17.2. The Balaban J connectivity index is 0. The fourth-order valence-electron chi connectivity index (χ4n) is 1.00. The second-order valence-electron chi connectivity index (χ2n) is 2.33. The molecule has 0 unspecified atom stereocenters. The molecule has 0 aromatic carbocycles. The summed E-state index contributed by atoms with van der Waals surface area (Å²) in [6.07, 6.45) is 1.65. The second kappa shape index (κ2) is 10.8. The van der Waals surface area contributed by atoms with E-state index >= 15 is 0 Å². The maximum absolute atomic E-state index is 8.87. The zero-order chi connectivity index (χ0) is 12.6. The molecule has 2 heterocycles. The van der Waals surface area contributed by atoms with Gasteiger partial charge < -0.3 is 15.2 Å². The second-order valence-corrected chi connectivity index (χ2v) is 3.25. The Labute approximate surface area is 124 Å². The molecule has 2 aromatic heterocycles. The van der Waals surface area contributed by atoms with Crippen molar-refractivity contribution in [3.05, 3.63) is 22.4 Å². The Morgan fingerprint density at radius 3 is 2.41 bits per heavy atom. The molecule has 0 amide bonds. The van der Waals surface area contributed by atoms with Gasteiger partial charge in [0.25, 0.3) is 0 Å². The van der Waals surface area contributed by atoms with E-state index in [-0.39, 0.29) is 26.7 Å². The maximum atomic E-state index is 8.87. The summed E-state index contributed by atoms with van der Waals surface area (Å²) in [6, 6.07) is 1.84. The van der Waals surface area contributed by atoms with Gasteiger partial charge in [-0.15, -0.1) is 0 Å². The first-order valence-electron chi connectivity index (χ1n) is 5.35. The van der Waals surface area contributed by atoms with Gasteiger partial charge >= 0.3 is 0 Å². The minimum atomic E-state index is -0.103. The van der Waals surface area contributed by atoms with Gasteiger partial charge in [0, 0.05) is 24.6 Å². The molecule has 0 saturated heterocycles. The molecule has 4 nitrogen and oxygen atoms in total. The number of halogens is 1. The van der Waals surface area contributed by atoms with Crippen LogP contribution in [-0.2, 0) is 26.7 Å². The van der Waals surface area contributed by atoms with Crippen LogP contribution >= 0.6 is 15.9 Å². The van der Waals surface area contributed by atoms with E-state index in [0.29, 0.717) is 11.3 Å². The van der Waals surface area contributed by atoms with Gasteiger partial charge in [-0.3, -0.25) is 5.10 Å². The molecule has 0 aliphatic heterocycles. The van der Waals surface area contributed by atoms with Crippen LogP contribution in [0.2, 0.25) is 0 Å². The molecule has 17 heavy (non-hydrogen) atoms. The summed E-state index contributed by atoms with van der Waals surface area (Å²) >= 11 is 3.28. The van der Waals surface area contributed by atoms with Gasteiger partial charge in [0.15, 0.2) is 0 Å². The Hall–Kier alpha value is -0.291. The average molecular weight is 479 g/mol. The summed E-state index contributed by atoms with van der Waals surface area (Å²) in [6.45, 7) is 7.90. The Morgan fingerprint density at radius 2 is 1.88 bits per heavy atom.